The SMILES string of the molecule is O=C1O[C@@H]2[C@H]3C=C[C@H]4[C@H]3[C@@H]2C=C[C@H]14. The standard InChI is InChI=1S/C11H10O2/c12-11-6-2-4-8-9-5(6)1-3-7(9)10(8)13-11/h1-10H/t5-,6+,7+,8+,9-,10-/m1/s1. The molecule has 66 valence electrons. The van der Waals surface area contributed by atoms with Gasteiger partial charge in [-0.3, -0.25) is 4.79 Å². The fraction of sp³-hybridized carbons (Fsp3) is 0.545. The van der Waals surface area contributed by atoms with Gasteiger partial charge >= 0.3 is 5.97 Å². The lowest BCUT2D eigenvalue weighted by molar-refractivity contribution is -0.159. The highest BCUT2D eigenvalue weighted by Crippen LogP contribution is 2.59. The van der Waals surface area contributed by atoms with Crippen molar-refractivity contribution in [2.75, 3.05) is 0 Å². The molecule has 0 spiro atoms. The molecule has 3 heterocycles. The Morgan fingerprint density at radius 3 is 2.54 bits per heavy atom. The summed E-state index contributed by atoms with van der Waals surface area (Å²) in [7, 11) is 0. The summed E-state index contributed by atoms with van der Waals surface area (Å²) in [6, 6.07) is 0. The topological polar surface area (TPSA) is 26.3 Å². The monoisotopic (exact) mass is 174 g/mol. The normalized spacial score (nSPS) is 58.9. The molecule has 0 amide bonds. The van der Waals surface area contributed by atoms with Crippen molar-refractivity contribution in [2.24, 2.45) is 29.6 Å². The van der Waals surface area contributed by atoms with Crippen molar-refractivity contribution in [2.45, 2.75) is 6.10 Å². The molecule has 3 aliphatic heterocycles. The molecule has 0 N–H and O–H groups in total. The van der Waals surface area contributed by atoms with Gasteiger partial charge in [0.2, 0.25) is 0 Å². The molecular formula is C11H10O2. The summed E-state index contributed by atoms with van der Waals surface area (Å²) in [5.41, 5.74) is 0. The summed E-state index contributed by atoms with van der Waals surface area (Å²) >= 11 is 0. The first-order valence-electron chi connectivity index (χ1n) is 4.93. The van der Waals surface area contributed by atoms with Crippen LogP contribution in [0.15, 0.2) is 24.3 Å². The van der Waals surface area contributed by atoms with Crippen LogP contribution in [0.3, 0.4) is 0 Å². The maximum atomic E-state index is 11.6. The van der Waals surface area contributed by atoms with Crippen LogP contribution >= 0.6 is 0 Å². The van der Waals surface area contributed by atoms with Crippen LogP contribution in [0, 0.1) is 29.6 Å². The van der Waals surface area contributed by atoms with E-state index in [2.05, 4.69) is 24.3 Å². The minimum Gasteiger partial charge on any atom is -0.461 e. The maximum absolute atomic E-state index is 11.6. The first-order chi connectivity index (χ1) is 6.36. The number of esters is 1. The van der Waals surface area contributed by atoms with E-state index in [1.807, 2.05) is 0 Å². The molecular weight excluding hydrogens is 164 g/mol. The predicted octanol–water partition coefficient (Wildman–Crippen LogP) is 1.15. The van der Waals surface area contributed by atoms with Gasteiger partial charge in [0.25, 0.3) is 0 Å². The summed E-state index contributed by atoms with van der Waals surface area (Å²) in [4.78, 5) is 11.6. The molecule has 6 atom stereocenters. The molecule has 2 nitrogen and oxygen atoms in total. The van der Waals surface area contributed by atoms with E-state index in [1.54, 1.807) is 0 Å². The molecule has 3 fully saturated rings. The van der Waals surface area contributed by atoms with Gasteiger partial charge in [-0.1, -0.05) is 24.3 Å². The number of hydrogen-bond acceptors (Lipinski definition) is 2. The largest absolute Gasteiger partial charge is 0.461 e. The van der Waals surface area contributed by atoms with E-state index in [1.165, 1.54) is 0 Å². The maximum Gasteiger partial charge on any atom is 0.313 e. The predicted molar refractivity (Wildman–Crippen MR) is 45.6 cm³/mol. The number of hydrogen-bond donors (Lipinski definition) is 0. The molecule has 0 aromatic rings. The highest BCUT2D eigenvalue weighted by molar-refractivity contribution is 5.77. The lowest BCUT2D eigenvalue weighted by Crippen LogP contribution is -2.50. The Labute approximate surface area is 76.3 Å². The van der Waals surface area contributed by atoms with Crippen molar-refractivity contribution in [3.63, 3.8) is 0 Å². The van der Waals surface area contributed by atoms with Crippen molar-refractivity contribution >= 4 is 5.97 Å². The van der Waals surface area contributed by atoms with E-state index in [4.69, 9.17) is 4.74 Å². The molecule has 2 heteroatoms. The van der Waals surface area contributed by atoms with E-state index >= 15 is 0 Å². The first kappa shape index (κ1) is 6.41. The molecule has 0 radical (unpaired) electrons. The molecule has 0 aromatic carbocycles. The van der Waals surface area contributed by atoms with Crippen molar-refractivity contribution in [1.29, 1.82) is 0 Å². The highest BCUT2D eigenvalue weighted by Gasteiger charge is 2.62. The van der Waals surface area contributed by atoms with Crippen LogP contribution in [-0.2, 0) is 9.53 Å². The average molecular weight is 174 g/mol. The van der Waals surface area contributed by atoms with Crippen molar-refractivity contribution < 1.29 is 9.53 Å². The Morgan fingerprint density at radius 1 is 1.00 bits per heavy atom. The van der Waals surface area contributed by atoms with Gasteiger partial charge in [0.1, 0.15) is 6.10 Å². The molecule has 0 aromatic heterocycles. The van der Waals surface area contributed by atoms with Gasteiger partial charge in [0.05, 0.1) is 5.92 Å². The Kier molecular flexibility index (Phi) is 0.859. The number of ether oxygens (including phenoxy) is 1. The quantitative estimate of drug-likeness (QED) is 0.406. The Hall–Kier alpha value is -1.05. The van der Waals surface area contributed by atoms with Crippen LogP contribution in [0.2, 0.25) is 0 Å². The third-order valence-corrected chi connectivity index (χ3v) is 4.13. The third-order valence-electron chi connectivity index (χ3n) is 4.13. The fourth-order valence-electron chi connectivity index (χ4n) is 3.52. The summed E-state index contributed by atoms with van der Waals surface area (Å²) in [5.74, 6) is 2.22. The zero-order valence-corrected chi connectivity index (χ0v) is 7.09. The molecule has 3 aliphatic carbocycles. The molecule has 6 bridgehead atoms. The van der Waals surface area contributed by atoms with Crippen molar-refractivity contribution in [3.05, 3.63) is 24.3 Å². The van der Waals surface area contributed by atoms with Gasteiger partial charge < -0.3 is 4.74 Å². The molecule has 13 heavy (non-hydrogen) atoms. The van der Waals surface area contributed by atoms with Gasteiger partial charge in [-0.15, -0.1) is 0 Å². The Bertz CT molecular complexity index is 355. The third kappa shape index (κ3) is 0.523. The van der Waals surface area contributed by atoms with Gasteiger partial charge in [0, 0.05) is 11.8 Å². The fourth-order valence-corrected chi connectivity index (χ4v) is 3.52. The van der Waals surface area contributed by atoms with E-state index in [-0.39, 0.29) is 18.0 Å². The number of rotatable bonds is 0. The molecule has 6 aliphatic rings. The van der Waals surface area contributed by atoms with Crippen molar-refractivity contribution in [1.82, 2.24) is 0 Å². The number of allylic oxidation sites excluding steroid dienone is 1. The van der Waals surface area contributed by atoms with E-state index in [0.717, 1.165) is 0 Å². The van der Waals surface area contributed by atoms with Gasteiger partial charge in [-0.2, -0.15) is 0 Å². The first-order valence-corrected chi connectivity index (χ1v) is 4.93. The minimum atomic E-state index is 0.00287. The lowest BCUT2D eigenvalue weighted by Gasteiger charge is -2.47. The zero-order valence-electron chi connectivity index (χ0n) is 7.09. The van der Waals surface area contributed by atoms with E-state index in [9.17, 15) is 4.79 Å². The Balaban J connectivity index is 1.96. The van der Waals surface area contributed by atoms with Gasteiger partial charge in [-0.25, -0.2) is 0 Å². The second-order valence-corrected chi connectivity index (χ2v) is 4.51. The highest BCUT2D eigenvalue weighted by atomic mass is 16.5. The minimum absolute atomic E-state index is 0.00287. The van der Waals surface area contributed by atoms with E-state index in [0.29, 0.717) is 23.7 Å². The second kappa shape index (κ2) is 1.74. The van der Waals surface area contributed by atoms with Crippen LogP contribution in [0.5, 0.6) is 0 Å². The Morgan fingerprint density at radius 2 is 1.69 bits per heavy atom. The average Bonchev–Trinajstić information content (AvgIpc) is 2.38. The number of carbonyl (C=O) groups is 1. The molecule has 1 saturated carbocycles. The van der Waals surface area contributed by atoms with Crippen LogP contribution in [0.1, 0.15) is 0 Å². The lowest BCUT2D eigenvalue weighted by atomic mass is 9.57. The van der Waals surface area contributed by atoms with Gasteiger partial charge in [0.15, 0.2) is 0 Å². The summed E-state index contributed by atoms with van der Waals surface area (Å²) in [6.45, 7) is 0. The van der Waals surface area contributed by atoms with Crippen LogP contribution in [0.4, 0.5) is 0 Å². The number of carbonyl (C=O) groups excluding carboxylic acids is 1. The molecule has 0 unspecified atom stereocenters. The van der Waals surface area contributed by atoms with Gasteiger partial charge in [-0.05, 0) is 11.8 Å². The van der Waals surface area contributed by atoms with Crippen LogP contribution < -0.4 is 0 Å². The molecule has 6 rings (SSSR count). The smallest absolute Gasteiger partial charge is 0.313 e. The summed E-state index contributed by atoms with van der Waals surface area (Å²) in [5, 5.41) is 0. The van der Waals surface area contributed by atoms with Crippen LogP contribution in [0.25, 0.3) is 0 Å². The van der Waals surface area contributed by atoms with Crippen molar-refractivity contribution in [3.8, 4) is 0 Å². The summed E-state index contributed by atoms with van der Waals surface area (Å²) < 4.78 is 5.45. The van der Waals surface area contributed by atoms with Crippen LogP contribution in [-0.4, -0.2) is 12.1 Å². The zero-order chi connectivity index (χ0) is 8.58. The molecule has 2 saturated heterocycles. The van der Waals surface area contributed by atoms with E-state index < -0.39 is 0 Å². The second-order valence-electron chi connectivity index (χ2n) is 4.51. The summed E-state index contributed by atoms with van der Waals surface area (Å²) in [6.07, 6.45) is 8.91.